The second-order valence-corrected chi connectivity index (χ2v) is 4.23. The van der Waals surface area contributed by atoms with Crippen LogP contribution < -0.4 is 11.1 Å². The number of carbonyl (C=O) groups excluding carboxylic acids is 2. The molecule has 3 N–H and O–H groups in total. The zero-order valence-corrected chi connectivity index (χ0v) is 10.3. The van der Waals surface area contributed by atoms with Crippen LogP contribution in [0.15, 0.2) is 22.8 Å². The Morgan fingerprint density at radius 2 is 2.31 bits per heavy atom. The Labute approximate surface area is 102 Å². The van der Waals surface area contributed by atoms with Crippen molar-refractivity contribution < 1.29 is 9.59 Å². The molecule has 1 unspecified atom stereocenters. The molecule has 0 aliphatic carbocycles. The third kappa shape index (κ3) is 3.62. The molecule has 0 saturated heterocycles. The molecule has 0 aromatic carbocycles. The second kappa shape index (κ2) is 5.60. The van der Waals surface area contributed by atoms with Crippen molar-refractivity contribution in [2.24, 2.45) is 5.73 Å². The number of amides is 2. The van der Waals surface area contributed by atoms with E-state index in [1.165, 1.54) is 6.20 Å². The van der Waals surface area contributed by atoms with Crippen molar-refractivity contribution in [2.75, 3.05) is 0 Å². The number of hydrogen-bond donors (Lipinski definition) is 2. The number of nitrogens with zero attached hydrogens (tertiary/aromatic N) is 1. The van der Waals surface area contributed by atoms with Crippen LogP contribution in [0.3, 0.4) is 0 Å². The van der Waals surface area contributed by atoms with Gasteiger partial charge in [-0.2, -0.15) is 0 Å². The first-order chi connectivity index (χ1) is 7.50. The molecule has 0 saturated carbocycles. The molecule has 16 heavy (non-hydrogen) atoms. The van der Waals surface area contributed by atoms with Gasteiger partial charge >= 0.3 is 0 Å². The number of nitrogens with one attached hydrogen (secondary N) is 1. The maximum atomic E-state index is 11.7. The molecule has 1 aromatic heterocycles. The Balaban J connectivity index is 2.66. The van der Waals surface area contributed by atoms with Crippen LogP contribution in [0, 0.1) is 0 Å². The van der Waals surface area contributed by atoms with Crippen molar-refractivity contribution in [3.05, 3.63) is 28.5 Å². The van der Waals surface area contributed by atoms with Crippen LogP contribution in [0.25, 0.3) is 0 Å². The van der Waals surface area contributed by atoms with Gasteiger partial charge in [0.15, 0.2) is 0 Å². The summed E-state index contributed by atoms with van der Waals surface area (Å²) < 4.78 is 0.610. The van der Waals surface area contributed by atoms with E-state index < -0.39 is 5.91 Å². The molecule has 2 amide bonds. The number of carbonyl (C=O) groups is 2. The number of hydrogen-bond acceptors (Lipinski definition) is 3. The van der Waals surface area contributed by atoms with E-state index in [1.807, 2.05) is 0 Å². The fourth-order valence-electron chi connectivity index (χ4n) is 1.20. The fourth-order valence-corrected chi connectivity index (χ4v) is 1.63. The molecule has 1 rings (SSSR count). The summed E-state index contributed by atoms with van der Waals surface area (Å²) in [6.07, 6.45) is 1.63. The second-order valence-electron chi connectivity index (χ2n) is 3.38. The summed E-state index contributed by atoms with van der Waals surface area (Å²) >= 11 is 3.22. The van der Waals surface area contributed by atoms with Gasteiger partial charge in [-0.3, -0.25) is 9.59 Å². The molecule has 6 heteroatoms. The lowest BCUT2D eigenvalue weighted by Gasteiger charge is -2.11. The quantitative estimate of drug-likeness (QED) is 0.860. The van der Waals surface area contributed by atoms with Crippen LogP contribution in [0.1, 0.15) is 23.8 Å². The van der Waals surface area contributed by atoms with E-state index in [4.69, 9.17) is 5.73 Å². The Kier molecular flexibility index (Phi) is 4.42. The van der Waals surface area contributed by atoms with E-state index in [0.717, 1.165) is 0 Å². The van der Waals surface area contributed by atoms with Gasteiger partial charge in [-0.25, -0.2) is 4.98 Å². The predicted octanol–water partition coefficient (Wildman–Crippen LogP) is 0.838. The average Bonchev–Trinajstić information content (AvgIpc) is 2.16. The summed E-state index contributed by atoms with van der Waals surface area (Å²) in [5.74, 6) is -0.783. The lowest BCUT2D eigenvalue weighted by molar-refractivity contribution is -0.118. The average molecular weight is 286 g/mol. The maximum absolute atomic E-state index is 11.7. The Hall–Kier alpha value is -1.43. The summed E-state index contributed by atoms with van der Waals surface area (Å²) in [6.45, 7) is 1.71. The normalized spacial score (nSPS) is 11.9. The van der Waals surface area contributed by atoms with Gasteiger partial charge in [0.25, 0.3) is 5.91 Å². The smallest absolute Gasteiger partial charge is 0.271 e. The van der Waals surface area contributed by atoms with Gasteiger partial charge < -0.3 is 11.1 Å². The highest BCUT2D eigenvalue weighted by molar-refractivity contribution is 9.10. The van der Waals surface area contributed by atoms with Crippen LogP contribution >= 0.6 is 15.9 Å². The predicted molar refractivity (Wildman–Crippen MR) is 62.7 cm³/mol. The molecule has 1 atom stereocenters. The van der Waals surface area contributed by atoms with Crippen molar-refractivity contribution in [3.63, 3.8) is 0 Å². The van der Waals surface area contributed by atoms with Gasteiger partial charge in [0.05, 0.1) is 0 Å². The van der Waals surface area contributed by atoms with Crippen LogP contribution in [0.2, 0.25) is 0 Å². The van der Waals surface area contributed by atoms with Gasteiger partial charge in [0.1, 0.15) is 5.69 Å². The van der Waals surface area contributed by atoms with E-state index in [-0.39, 0.29) is 18.4 Å². The largest absolute Gasteiger partial charge is 0.370 e. The molecule has 1 aromatic rings. The Bertz CT molecular complexity index is 409. The molecule has 5 nitrogen and oxygen atoms in total. The van der Waals surface area contributed by atoms with Crippen molar-refractivity contribution in [2.45, 2.75) is 19.4 Å². The highest BCUT2D eigenvalue weighted by Gasteiger charge is 2.14. The van der Waals surface area contributed by atoms with E-state index in [9.17, 15) is 9.59 Å². The van der Waals surface area contributed by atoms with E-state index in [0.29, 0.717) is 10.2 Å². The van der Waals surface area contributed by atoms with Gasteiger partial charge in [0.2, 0.25) is 5.91 Å². The third-order valence-corrected chi connectivity index (χ3v) is 2.50. The standard InChI is InChI=1S/C10H12BrN3O2/c1-6(5-8(12)15)14-10(16)9-7(11)3-2-4-13-9/h2-4,6H,5H2,1H3,(H2,12,15)(H,14,16). The number of aromatic nitrogens is 1. The molecule has 0 fully saturated rings. The number of halogens is 1. The van der Waals surface area contributed by atoms with Crippen LogP contribution in [-0.2, 0) is 4.79 Å². The lowest BCUT2D eigenvalue weighted by Crippen LogP contribution is -2.36. The van der Waals surface area contributed by atoms with Crippen LogP contribution in [0.4, 0.5) is 0 Å². The molecule has 0 radical (unpaired) electrons. The van der Waals surface area contributed by atoms with E-state index in [2.05, 4.69) is 26.2 Å². The van der Waals surface area contributed by atoms with Crippen molar-refractivity contribution >= 4 is 27.7 Å². The van der Waals surface area contributed by atoms with Crippen molar-refractivity contribution in [1.82, 2.24) is 10.3 Å². The molecular weight excluding hydrogens is 274 g/mol. The summed E-state index contributed by atoms with van der Waals surface area (Å²) in [4.78, 5) is 26.3. The zero-order chi connectivity index (χ0) is 12.1. The number of rotatable bonds is 4. The molecule has 86 valence electrons. The van der Waals surface area contributed by atoms with E-state index >= 15 is 0 Å². The molecular formula is C10H12BrN3O2. The van der Waals surface area contributed by atoms with Crippen molar-refractivity contribution in [3.8, 4) is 0 Å². The van der Waals surface area contributed by atoms with E-state index in [1.54, 1.807) is 19.1 Å². The first-order valence-electron chi connectivity index (χ1n) is 4.70. The number of primary amides is 1. The minimum Gasteiger partial charge on any atom is -0.370 e. The highest BCUT2D eigenvalue weighted by atomic mass is 79.9. The molecule has 0 spiro atoms. The summed E-state index contributed by atoms with van der Waals surface area (Å²) in [5, 5.41) is 2.64. The Morgan fingerprint density at radius 1 is 1.62 bits per heavy atom. The van der Waals surface area contributed by atoms with Gasteiger partial charge in [0, 0.05) is 23.1 Å². The summed E-state index contributed by atoms with van der Waals surface area (Å²) in [6, 6.07) is 3.13. The molecule has 1 heterocycles. The van der Waals surface area contributed by atoms with Gasteiger partial charge in [-0.1, -0.05) is 0 Å². The lowest BCUT2D eigenvalue weighted by atomic mass is 10.2. The zero-order valence-electron chi connectivity index (χ0n) is 8.74. The fraction of sp³-hybridized carbons (Fsp3) is 0.300. The molecule has 0 aliphatic heterocycles. The van der Waals surface area contributed by atoms with Crippen LogP contribution in [0.5, 0.6) is 0 Å². The SMILES string of the molecule is CC(CC(N)=O)NC(=O)c1ncccc1Br. The monoisotopic (exact) mass is 285 g/mol. The Morgan fingerprint density at radius 3 is 2.88 bits per heavy atom. The molecule has 0 bridgehead atoms. The first kappa shape index (κ1) is 12.6. The topological polar surface area (TPSA) is 85.1 Å². The summed E-state index contributed by atoms with van der Waals surface area (Å²) in [5.41, 5.74) is 5.31. The number of pyridine rings is 1. The van der Waals surface area contributed by atoms with Gasteiger partial charge in [-0.15, -0.1) is 0 Å². The molecule has 0 aliphatic rings. The minimum atomic E-state index is -0.451. The first-order valence-corrected chi connectivity index (χ1v) is 5.49. The highest BCUT2D eigenvalue weighted by Crippen LogP contribution is 2.13. The minimum absolute atomic E-state index is 0.107. The summed E-state index contributed by atoms with van der Waals surface area (Å²) in [7, 11) is 0. The maximum Gasteiger partial charge on any atom is 0.271 e. The van der Waals surface area contributed by atoms with Gasteiger partial charge in [-0.05, 0) is 35.0 Å². The third-order valence-electron chi connectivity index (χ3n) is 1.86. The van der Waals surface area contributed by atoms with Crippen molar-refractivity contribution in [1.29, 1.82) is 0 Å². The number of nitrogens with two attached hydrogens (primary N) is 1. The van der Waals surface area contributed by atoms with Crippen LogP contribution in [-0.4, -0.2) is 22.8 Å².